The Bertz CT molecular complexity index is 479. The second-order valence-corrected chi connectivity index (χ2v) is 11.0. The van der Waals surface area contributed by atoms with Gasteiger partial charge >= 0.3 is 82.2 Å². The second kappa shape index (κ2) is 16.0. The standard InChI is InChI=1S/C25H48O4.K.Li.2H/c1-11-13-15-17-24(9,22(3,4)5)28-20(26)19-21(27)29-25(10,23(6,7)8)18-16-14-12-2;;;;/h11-19H2,1-10H3;;;;. The van der Waals surface area contributed by atoms with Crippen LogP contribution in [0, 0.1) is 10.8 Å². The van der Waals surface area contributed by atoms with Crippen molar-refractivity contribution in [2.45, 2.75) is 138 Å². The number of rotatable bonds is 12. The molecule has 2 unspecified atom stereocenters. The topological polar surface area (TPSA) is 52.6 Å². The Hall–Kier alpha value is 1.17. The Kier molecular flexibility index (Phi) is 18.9. The van der Waals surface area contributed by atoms with Crippen molar-refractivity contribution in [3.05, 3.63) is 0 Å². The molecule has 0 N–H and O–H groups in total. The quantitative estimate of drug-likeness (QED) is 0.157. The summed E-state index contributed by atoms with van der Waals surface area (Å²) in [7, 11) is 0. The molecule has 0 bridgehead atoms. The minimum atomic E-state index is -0.603. The summed E-state index contributed by atoms with van der Waals surface area (Å²) in [6.45, 7) is 20.7. The summed E-state index contributed by atoms with van der Waals surface area (Å²) in [4.78, 5) is 25.2. The molecule has 0 heterocycles. The van der Waals surface area contributed by atoms with Gasteiger partial charge < -0.3 is 9.47 Å². The summed E-state index contributed by atoms with van der Waals surface area (Å²) in [6.07, 6.45) is 7.69. The Morgan fingerprint density at radius 3 is 1.13 bits per heavy atom. The first kappa shape index (κ1) is 36.7. The number of carbonyl (C=O) groups excluding carboxylic acids is 2. The van der Waals surface area contributed by atoms with E-state index in [-0.39, 0.29) is 87.5 Å². The van der Waals surface area contributed by atoms with Crippen LogP contribution in [0.4, 0.5) is 0 Å². The van der Waals surface area contributed by atoms with Crippen LogP contribution in [0.2, 0.25) is 0 Å². The van der Waals surface area contributed by atoms with E-state index in [9.17, 15) is 9.59 Å². The van der Waals surface area contributed by atoms with Gasteiger partial charge in [0.1, 0.15) is 17.6 Å². The Morgan fingerprint density at radius 2 is 0.903 bits per heavy atom. The third-order valence-electron chi connectivity index (χ3n) is 6.65. The number of hydrogen-bond donors (Lipinski definition) is 0. The van der Waals surface area contributed by atoms with Crippen molar-refractivity contribution in [1.82, 2.24) is 0 Å². The van der Waals surface area contributed by atoms with Gasteiger partial charge in [-0.15, -0.1) is 0 Å². The van der Waals surface area contributed by atoms with Crippen LogP contribution in [0.1, 0.15) is 127 Å². The van der Waals surface area contributed by atoms with Gasteiger partial charge in [0, 0.05) is 10.8 Å². The molecule has 0 aromatic heterocycles. The zero-order chi connectivity index (χ0) is 22.9. The molecule has 0 rings (SSSR count). The van der Waals surface area contributed by atoms with E-state index in [1.807, 2.05) is 13.8 Å². The van der Waals surface area contributed by atoms with Crippen LogP contribution < -0.4 is 0 Å². The molecule has 0 aromatic rings. The average Bonchev–Trinajstić information content (AvgIpc) is 2.52. The molecule has 176 valence electrons. The van der Waals surface area contributed by atoms with Crippen LogP contribution in [0.25, 0.3) is 0 Å². The van der Waals surface area contributed by atoms with Gasteiger partial charge in [0.05, 0.1) is 0 Å². The van der Waals surface area contributed by atoms with Gasteiger partial charge in [-0.25, -0.2) is 0 Å². The summed E-state index contributed by atoms with van der Waals surface area (Å²) in [5.41, 5.74) is -1.62. The third kappa shape index (κ3) is 13.0. The van der Waals surface area contributed by atoms with Gasteiger partial charge in [-0.05, 0) is 39.5 Å². The molecule has 0 aliphatic carbocycles. The second-order valence-electron chi connectivity index (χ2n) is 11.0. The molecule has 31 heavy (non-hydrogen) atoms. The number of ether oxygens (including phenoxy) is 2. The van der Waals surface area contributed by atoms with E-state index in [1.54, 1.807) is 0 Å². The summed E-state index contributed by atoms with van der Waals surface area (Å²) >= 11 is 0. The first-order valence-corrected chi connectivity index (χ1v) is 11.6. The molecule has 0 aromatic carbocycles. The molecule has 0 amide bonds. The van der Waals surface area contributed by atoms with Crippen molar-refractivity contribution in [2.75, 3.05) is 0 Å². The van der Waals surface area contributed by atoms with Crippen LogP contribution in [0.15, 0.2) is 0 Å². The number of hydrogen-bond acceptors (Lipinski definition) is 4. The fourth-order valence-corrected chi connectivity index (χ4v) is 3.28. The molecule has 0 aliphatic rings. The van der Waals surface area contributed by atoms with E-state index in [0.717, 1.165) is 51.4 Å². The van der Waals surface area contributed by atoms with E-state index in [4.69, 9.17) is 9.47 Å². The predicted octanol–water partition coefficient (Wildman–Crippen LogP) is 5.94. The van der Waals surface area contributed by atoms with Gasteiger partial charge in [0.2, 0.25) is 0 Å². The maximum absolute atomic E-state index is 12.6. The van der Waals surface area contributed by atoms with Crippen LogP contribution in [0.5, 0.6) is 0 Å². The summed E-state index contributed by atoms with van der Waals surface area (Å²) in [5.74, 6) is -0.984. The van der Waals surface area contributed by atoms with Gasteiger partial charge in [0.15, 0.2) is 0 Å². The summed E-state index contributed by atoms with van der Waals surface area (Å²) < 4.78 is 11.8. The van der Waals surface area contributed by atoms with Crippen LogP contribution in [-0.4, -0.2) is 93.4 Å². The first-order chi connectivity index (χ1) is 13.1. The molecular formula is C25H50KLiO4. The van der Waals surface area contributed by atoms with E-state index >= 15 is 0 Å². The van der Waals surface area contributed by atoms with Crippen molar-refractivity contribution < 1.29 is 19.1 Å². The molecule has 0 saturated heterocycles. The fourth-order valence-electron chi connectivity index (χ4n) is 3.28. The molecule has 0 radical (unpaired) electrons. The molecule has 4 nitrogen and oxygen atoms in total. The van der Waals surface area contributed by atoms with E-state index < -0.39 is 23.1 Å². The van der Waals surface area contributed by atoms with Crippen LogP contribution >= 0.6 is 0 Å². The summed E-state index contributed by atoms with van der Waals surface area (Å²) in [5, 5.41) is 0. The number of esters is 2. The van der Waals surface area contributed by atoms with Crippen molar-refractivity contribution in [2.24, 2.45) is 10.8 Å². The number of carbonyl (C=O) groups is 2. The van der Waals surface area contributed by atoms with Gasteiger partial charge in [-0.1, -0.05) is 81.1 Å². The fraction of sp³-hybridized carbons (Fsp3) is 0.920. The zero-order valence-corrected chi connectivity index (χ0v) is 21.0. The van der Waals surface area contributed by atoms with E-state index in [0.29, 0.717) is 0 Å². The normalized spacial score (nSPS) is 15.5. The van der Waals surface area contributed by atoms with Gasteiger partial charge in [-0.2, -0.15) is 0 Å². The predicted molar refractivity (Wildman–Crippen MR) is 135 cm³/mol. The molecule has 2 atom stereocenters. The molecular weight excluding hydrogens is 410 g/mol. The maximum atomic E-state index is 12.6. The Balaban J connectivity index is -0.00000392. The summed E-state index contributed by atoms with van der Waals surface area (Å²) in [6, 6.07) is 0. The van der Waals surface area contributed by atoms with E-state index in [2.05, 4.69) is 55.4 Å². The molecule has 0 saturated carbocycles. The SMILES string of the molecule is CCCCCC(C)(OC(=O)CC(=O)OC(C)(CCCCC)C(C)(C)C)C(C)(C)C.[KH].[LiH]. The molecule has 6 heteroatoms. The third-order valence-corrected chi connectivity index (χ3v) is 6.65. The average molecular weight is 461 g/mol. The Morgan fingerprint density at radius 1 is 0.613 bits per heavy atom. The molecule has 0 spiro atoms. The molecule has 0 fully saturated rings. The number of unbranched alkanes of at least 4 members (excludes halogenated alkanes) is 4. The van der Waals surface area contributed by atoms with Gasteiger partial charge in [-0.3, -0.25) is 9.59 Å². The van der Waals surface area contributed by atoms with Crippen LogP contribution in [-0.2, 0) is 19.1 Å². The van der Waals surface area contributed by atoms with Crippen molar-refractivity contribution in [3.63, 3.8) is 0 Å². The van der Waals surface area contributed by atoms with Crippen molar-refractivity contribution in [1.29, 1.82) is 0 Å². The van der Waals surface area contributed by atoms with Crippen molar-refractivity contribution in [3.8, 4) is 0 Å². The van der Waals surface area contributed by atoms with Crippen LogP contribution in [0.3, 0.4) is 0 Å². The minimum absolute atomic E-state index is 0. The first-order valence-electron chi connectivity index (χ1n) is 11.6. The van der Waals surface area contributed by atoms with E-state index in [1.165, 1.54) is 0 Å². The van der Waals surface area contributed by atoms with Crippen molar-refractivity contribution >= 4 is 82.2 Å². The zero-order valence-electron chi connectivity index (χ0n) is 21.0. The Labute approximate surface area is 247 Å². The molecule has 0 aliphatic heterocycles. The monoisotopic (exact) mass is 460 g/mol. The van der Waals surface area contributed by atoms with Gasteiger partial charge in [0.25, 0.3) is 0 Å².